The highest BCUT2D eigenvalue weighted by Crippen LogP contribution is 2.26. The van der Waals surface area contributed by atoms with E-state index in [4.69, 9.17) is 16.3 Å². The molecule has 0 spiro atoms. The lowest BCUT2D eigenvalue weighted by molar-refractivity contribution is 0.460. The lowest BCUT2D eigenvalue weighted by atomic mass is 10.1. The first kappa shape index (κ1) is 15.8. The molecule has 21 heavy (non-hydrogen) atoms. The zero-order chi connectivity index (χ0) is 15.2. The van der Waals surface area contributed by atoms with Crippen LogP contribution in [0.25, 0.3) is 0 Å². The average Bonchev–Trinajstić information content (AvgIpc) is 2.47. The third-order valence-corrected chi connectivity index (χ3v) is 3.50. The zero-order valence-corrected chi connectivity index (χ0v) is 13.4. The maximum Gasteiger partial charge on any atom is 0.219 e. The molecule has 1 aromatic carbocycles. The van der Waals surface area contributed by atoms with Crippen LogP contribution in [0.5, 0.6) is 11.6 Å². The molecule has 4 heteroatoms. The Morgan fingerprint density at radius 2 is 2.05 bits per heavy atom. The SMILES string of the molecule is CCc1cc(Oc2cc(CNC(C)C)ccn2)ccc1Cl. The van der Waals surface area contributed by atoms with E-state index in [1.165, 1.54) is 0 Å². The fourth-order valence-electron chi connectivity index (χ4n) is 1.94. The van der Waals surface area contributed by atoms with Crippen LogP contribution in [0.3, 0.4) is 0 Å². The van der Waals surface area contributed by atoms with Crippen LogP contribution >= 0.6 is 11.6 Å². The van der Waals surface area contributed by atoms with E-state index in [1.54, 1.807) is 6.20 Å². The number of hydrogen-bond acceptors (Lipinski definition) is 3. The minimum Gasteiger partial charge on any atom is -0.439 e. The Bertz CT molecular complexity index is 599. The molecule has 1 N–H and O–H groups in total. The fourth-order valence-corrected chi connectivity index (χ4v) is 2.20. The Balaban J connectivity index is 2.10. The monoisotopic (exact) mass is 304 g/mol. The van der Waals surface area contributed by atoms with Crippen molar-refractivity contribution in [2.24, 2.45) is 0 Å². The molecule has 3 nitrogen and oxygen atoms in total. The second kappa shape index (κ2) is 7.43. The van der Waals surface area contributed by atoms with E-state index >= 15 is 0 Å². The fraction of sp³-hybridized carbons (Fsp3) is 0.353. The summed E-state index contributed by atoms with van der Waals surface area (Å²) < 4.78 is 5.83. The molecule has 0 amide bonds. The van der Waals surface area contributed by atoms with Gasteiger partial charge in [0.25, 0.3) is 0 Å². The Morgan fingerprint density at radius 1 is 1.24 bits per heavy atom. The van der Waals surface area contributed by atoms with Gasteiger partial charge in [0, 0.05) is 29.9 Å². The number of benzene rings is 1. The van der Waals surface area contributed by atoms with Crippen LogP contribution < -0.4 is 10.1 Å². The number of pyridine rings is 1. The summed E-state index contributed by atoms with van der Waals surface area (Å²) in [5, 5.41) is 4.15. The number of halogens is 1. The molecule has 0 aliphatic heterocycles. The van der Waals surface area contributed by atoms with E-state index in [9.17, 15) is 0 Å². The molecule has 0 unspecified atom stereocenters. The highest BCUT2D eigenvalue weighted by atomic mass is 35.5. The van der Waals surface area contributed by atoms with Crippen LogP contribution in [-0.4, -0.2) is 11.0 Å². The molecule has 0 radical (unpaired) electrons. The molecule has 0 saturated heterocycles. The molecule has 0 aliphatic rings. The summed E-state index contributed by atoms with van der Waals surface area (Å²) in [7, 11) is 0. The molecule has 0 saturated carbocycles. The van der Waals surface area contributed by atoms with E-state index in [1.807, 2.05) is 30.3 Å². The minimum absolute atomic E-state index is 0.450. The topological polar surface area (TPSA) is 34.1 Å². The first-order chi connectivity index (χ1) is 10.1. The van der Waals surface area contributed by atoms with Crippen LogP contribution in [0.4, 0.5) is 0 Å². The van der Waals surface area contributed by atoms with Gasteiger partial charge in [-0.05, 0) is 41.8 Å². The number of hydrogen-bond donors (Lipinski definition) is 1. The Kier molecular flexibility index (Phi) is 5.59. The first-order valence-corrected chi connectivity index (χ1v) is 7.61. The molecule has 0 fully saturated rings. The summed E-state index contributed by atoms with van der Waals surface area (Å²) in [6.07, 6.45) is 2.64. The van der Waals surface area contributed by atoms with Crippen molar-refractivity contribution < 1.29 is 4.74 Å². The molecule has 2 rings (SSSR count). The van der Waals surface area contributed by atoms with Crippen molar-refractivity contribution in [2.45, 2.75) is 39.8 Å². The second-order valence-electron chi connectivity index (χ2n) is 5.25. The number of aryl methyl sites for hydroxylation is 1. The number of nitrogens with one attached hydrogen (secondary N) is 1. The van der Waals surface area contributed by atoms with Crippen molar-refractivity contribution in [2.75, 3.05) is 0 Å². The predicted octanol–water partition coefficient (Wildman–Crippen LogP) is 4.59. The van der Waals surface area contributed by atoms with E-state index in [0.29, 0.717) is 11.9 Å². The van der Waals surface area contributed by atoms with Gasteiger partial charge in [-0.3, -0.25) is 0 Å². The number of nitrogens with zero attached hydrogens (tertiary/aromatic N) is 1. The van der Waals surface area contributed by atoms with Crippen LogP contribution in [0.15, 0.2) is 36.5 Å². The number of ether oxygens (including phenoxy) is 1. The summed E-state index contributed by atoms with van der Waals surface area (Å²) >= 11 is 6.12. The van der Waals surface area contributed by atoms with Gasteiger partial charge in [-0.1, -0.05) is 32.4 Å². The minimum atomic E-state index is 0.450. The van der Waals surface area contributed by atoms with E-state index in [-0.39, 0.29) is 0 Å². The van der Waals surface area contributed by atoms with Crippen molar-refractivity contribution in [3.63, 3.8) is 0 Å². The standard InChI is InChI=1S/C17H21ClN2O/c1-4-14-10-15(5-6-16(14)18)21-17-9-13(7-8-19-17)11-20-12(2)3/h5-10,12,20H,4,11H2,1-3H3. The Hall–Kier alpha value is -1.58. The lowest BCUT2D eigenvalue weighted by Crippen LogP contribution is -2.21. The third kappa shape index (κ3) is 4.73. The quantitative estimate of drug-likeness (QED) is 0.847. The van der Waals surface area contributed by atoms with E-state index in [2.05, 4.69) is 31.1 Å². The number of aromatic nitrogens is 1. The molecule has 2 aromatic rings. The average molecular weight is 305 g/mol. The first-order valence-electron chi connectivity index (χ1n) is 7.23. The van der Waals surface area contributed by atoms with Crippen LogP contribution in [0.2, 0.25) is 5.02 Å². The van der Waals surface area contributed by atoms with Gasteiger partial charge in [0.1, 0.15) is 5.75 Å². The third-order valence-electron chi connectivity index (χ3n) is 3.13. The van der Waals surface area contributed by atoms with E-state index < -0.39 is 0 Å². The lowest BCUT2D eigenvalue weighted by Gasteiger charge is -2.10. The van der Waals surface area contributed by atoms with Crippen molar-refractivity contribution in [1.82, 2.24) is 10.3 Å². The van der Waals surface area contributed by atoms with Crippen LogP contribution in [0, 0.1) is 0 Å². The van der Waals surface area contributed by atoms with Gasteiger partial charge in [-0.15, -0.1) is 0 Å². The number of rotatable bonds is 6. The summed E-state index contributed by atoms with van der Waals surface area (Å²) in [5.74, 6) is 1.36. The van der Waals surface area contributed by atoms with Crippen molar-refractivity contribution in [3.8, 4) is 11.6 Å². The van der Waals surface area contributed by atoms with Gasteiger partial charge in [0.15, 0.2) is 0 Å². The highest BCUT2D eigenvalue weighted by molar-refractivity contribution is 6.31. The van der Waals surface area contributed by atoms with Gasteiger partial charge in [-0.2, -0.15) is 0 Å². The molecule has 0 aliphatic carbocycles. The van der Waals surface area contributed by atoms with Gasteiger partial charge >= 0.3 is 0 Å². The molecule has 1 heterocycles. The van der Waals surface area contributed by atoms with E-state index in [0.717, 1.165) is 34.9 Å². The normalized spacial score (nSPS) is 10.9. The van der Waals surface area contributed by atoms with Crippen LogP contribution in [0.1, 0.15) is 31.9 Å². The summed E-state index contributed by atoms with van der Waals surface area (Å²) in [5.41, 5.74) is 2.23. The van der Waals surface area contributed by atoms with Gasteiger partial charge in [0.2, 0.25) is 5.88 Å². The smallest absolute Gasteiger partial charge is 0.219 e. The maximum atomic E-state index is 6.12. The van der Waals surface area contributed by atoms with Crippen molar-refractivity contribution >= 4 is 11.6 Å². The maximum absolute atomic E-state index is 6.12. The van der Waals surface area contributed by atoms with Gasteiger partial charge in [-0.25, -0.2) is 4.98 Å². The van der Waals surface area contributed by atoms with Crippen LogP contribution in [-0.2, 0) is 13.0 Å². The summed E-state index contributed by atoms with van der Waals surface area (Å²) in [6.45, 7) is 7.12. The largest absolute Gasteiger partial charge is 0.439 e. The molecule has 112 valence electrons. The summed E-state index contributed by atoms with van der Waals surface area (Å²) in [4.78, 5) is 4.26. The highest BCUT2D eigenvalue weighted by Gasteiger charge is 2.04. The zero-order valence-electron chi connectivity index (χ0n) is 12.7. The molecule has 0 bridgehead atoms. The molecular weight excluding hydrogens is 284 g/mol. The van der Waals surface area contributed by atoms with Gasteiger partial charge in [0.05, 0.1) is 0 Å². The Morgan fingerprint density at radius 3 is 2.76 bits per heavy atom. The predicted molar refractivity (Wildman–Crippen MR) is 87.1 cm³/mol. The van der Waals surface area contributed by atoms with Gasteiger partial charge < -0.3 is 10.1 Å². The van der Waals surface area contributed by atoms with Crippen molar-refractivity contribution in [3.05, 3.63) is 52.7 Å². The molecule has 1 aromatic heterocycles. The second-order valence-corrected chi connectivity index (χ2v) is 5.65. The van der Waals surface area contributed by atoms with Crippen molar-refractivity contribution in [1.29, 1.82) is 0 Å². The summed E-state index contributed by atoms with van der Waals surface area (Å²) in [6, 6.07) is 10.1. The molecule has 0 atom stereocenters. The molecular formula is C17H21ClN2O. The Labute approximate surface area is 131 Å².